The van der Waals surface area contributed by atoms with Crippen LogP contribution in [0.2, 0.25) is 0 Å². The number of methoxy groups -OCH3 is 1. The molecule has 1 aromatic carbocycles. The molecule has 3 rings (SSSR count). The van der Waals surface area contributed by atoms with E-state index in [0.717, 1.165) is 59.4 Å². The molecule has 0 amide bonds. The van der Waals surface area contributed by atoms with Gasteiger partial charge in [0.15, 0.2) is 0 Å². The van der Waals surface area contributed by atoms with E-state index in [1.165, 1.54) is 0 Å². The Kier molecular flexibility index (Phi) is 6.20. The van der Waals surface area contributed by atoms with Gasteiger partial charge in [0.1, 0.15) is 11.6 Å². The van der Waals surface area contributed by atoms with Gasteiger partial charge in [-0.1, -0.05) is 0 Å². The number of nitrogens with two attached hydrogens (primary N) is 1. The Morgan fingerprint density at radius 2 is 2.07 bits per heavy atom. The minimum absolute atomic E-state index is 0.550. The molecule has 28 heavy (non-hydrogen) atoms. The van der Waals surface area contributed by atoms with Crippen LogP contribution in [0.25, 0.3) is 0 Å². The molecule has 0 bridgehead atoms. The number of aryl methyl sites for hydroxylation is 1. The molecule has 0 unspecified atom stereocenters. The second kappa shape index (κ2) is 8.79. The largest absolute Gasteiger partial charge is 0.496 e. The van der Waals surface area contributed by atoms with E-state index in [4.69, 9.17) is 10.5 Å². The fourth-order valence-electron chi connectivity index (χ4n) is 3.16. The van der Waals surface area contributed by atoms with E-state index >= 15 is 0 Å². The maximum Gasteiger partial charge on any atom is 0.229 e. The summed E-state index contributed by atoms with van der Waals surface area (Å²) in [4.78, 5) is 11.1. The Morgan fingerprint density at radius 1 is 1.25 bits per heavy atom. The molecule has 8 nitrogen and oxygen atoms in total. The van der Waals surface area contributed by atoms with Gasteiger partial charge in [0, 0.05) is 67.5 Å². The monoisotopic (exact) mass is 383 g/mol. The van der Waals surface area contributed by atoms with E-state index in [-0.39, 0.29) is 0 Å². The Bertz CT molecular complexity index is 866. The van der Waals surface area contributed by atoms with Crippen LogP contribution in [0, 0.1) is 6.92 Å². The van der Waals surface area contributed by atoms with Crippen molar-refractivity contribution in [3.8, 4) is 5.75 Å². The molecule has 0 atom stereocenters. The molecule has 2 aromatic rings. The first-order valence-electron chi connectivity index (χ1n) is 9.35. The zero-order valence-corrected chi connectivity index (χ0v) is 17.0. The fourth-order valence-corrected chi connectivity index (χ4v) is 3.16. The highest BCUT2D eigenvalue weighted by Gasteiger charge is 2.15. The highest BCUT2D eigenvalue weighted by Crippen LogP contribution is 2.25. The highest BCUT2D eigenvalue weighted by molar-refractivity contribution is 5.58. The lowest BCUT2D eigenvalue weighted by molar-refractivity contribution is 0.335. The average Bonchev–Trinajstić information content (AvgIpc) is 2.68. The van der Waals surface area contributed by atoms with E-state index in [0.29, 0.717) is 12.5 Å². The van der Waals surface area contributed by atoms with Gasteiger partial charge in [-0.2, -0.15) is 4.98 Å². The number of hydrogen-bond acceptors (Lipinski definition) is 8. The molecule has 0 aliphatic carbocycles. The number of rotatable bonds is 7. The van der Waals surface area contributed by atoms with Crippen molar-refractivity contribution in [1.29, 1.82) is 0 Å². The molecular weight excluding hydrogens is 354 g/mol. The number of nitrogens with zero attached hydrogens (tertiary/aromatic N) is 3. The number of aromatic nitrogens is 2. The third kappa shape index (κ3) is 4.83. The summed E-state index contributed by atoms with van der Waals surface area (Å²) in [5, 5.41) is 9.80. The molecule has 1 aliphatic rings. The van der Waals surface area contributed by atoms with Gasteiger partial charge in [-0.3, -0.25) is 0 Å². The van der Waals surface area contributed by atoms with E-state index < -0.39 is 0 Å². The van der Waals surface area contributed by atoms with Crippen LogP contribution in [-0.4, -0.2) is 49.2 Å². The summed E-state index contributed by atoms with van der Waals surface area (Å²) in [5.74, 6) is 2.14. The Hall–Kier alpha value is -3.00. The van der Waals surface area contributed by atoms with Gasteiger partial charge < -0.3 is 31.3 Å². The minimum atomic E-state index is 0.550. The third-order valence-corrected chi connectivity index (χ3v) is 4.72. The molecule has 1 aliphatic heterocycles. The van der Waals surface area contributed by atoms with Crippen LogP contribution in [0.1, 0.15) is 17.7 Å². The summed E-state index contributed by atoms with van der Waals surface area (Å²) >= 11 is 0. The number of anilines is 3. The molecule has 150 valence electrons. The summed E-state index contributed by atoms with van der Waals surface area (Å²) in [5.41, 5.74) is 11.0. The predicted octanol–water partition coefficient (Wildman–Crippen LogP) is 2.17. The van der Waals surface area contributed by atoms with Crippen molar-refractivity contribution >= 4 is 17.5 Å². The number of likely N-dealkylation sites (N-methyl/N-ethyl adjacent to an activating group) is 1. The van der Waals surface area contributed by atoms with Gasteiger partial charge in [0.2, 0.25) is 5.95 Å². The lowest BCUT2D eigenvalue weighted by atomic mass is 10.1. The lowest BCUT2D eigenvalue weighted by Gasteiger charge is -2.27. The molecule has 0 spiro atoms. The van der Waals surface area contributed by atoms with Gasteiger partial charge >= 0.3 is 0 Å². The smallest absolute Gasteiger partial charge is 0.229 e. The van der Waals surface area contributed by atoms with Crippen molar-refractivity contribution in [3.05, 3.63) is 46.9 Å². The van der Waals surface area contributed by atoms with Crippen LogP contribution >= 0.6 is 0 Å². The minimum Gasteiger partial charge on any atom is -0.496 e. The van der Waals surface area contributed by atoms with E-state index in [9.17, 15) is 0 Å². The second-order valence-electron chi connectivity index (χ2n) is 6.96. The van der Waals surface area contributed by atoms with Crippen molar-refractivity contribution in [1.82, 2.24) is 20.2 Å². The first-order valence-corrected chi connectivity index (χ1v) is 9.35. The van der Waals surface area contributed by atoms with Crippen LogP contribution in [0.4, 0.5) is 17.5 Å². The molecular formula is C20H29N7O. The van der Waals surface area contributed by atoms with Gasteiger partial charge in [-0.25, -0.2) is 4.98 Å². The van der Waals surface area contributed by atoms with Gasteiger partial charge in [-0.15, -0.1) is 0 Å². The number of benzene rings is 1. The summed E-state index contributed by atoms with van der Waals surface area (Å²) in [6.07, 6.45) is 0.885. The summed E-state index contributed by atoms with van der Waals surface area (Å²) < 4.78 is 5.53. The molecule has 0 saturated heterocycles. The molecule has 1 aromatic heterocycles. The van der Waals surface area contributed by atoms with Gasteiger partial charge in [-0.05, 0) is 32.2 Å². The fraction of sp³-hybridized carbons (Fsp3) is 0.400. The Labute approximate surface area is 166 Å². The zero-order chi connectivity index (χ0) is 20.1. The molecule has 5 N–H and O–H groups in total. The molecule has 8 heteroatoms. The van der Waals surface area contributed by atoms with E-state index in [2.05, 4.69) is 37.9 Å². The van der Waals surface area contributed by atoms with Crippen LogP contribution in [0.5, 0.6) is 5.75 Å². The van der Waals surface area contributed by atoms with Crippen molar-refractivity contribution < 1.29 is 4.74 Å². The van der Waals surface area contributed by atoms with Gasteiger partial charge in [0.05, 0.1) is 7.11 Å². The molecule has 0 saturated carbocycles. The van der Waals surface area contributed by atoms with E-state index in [1.54, 1.807) is 7.11 Å². The maximum absolute atomic E-state index is 6.17. The first-order chi connectivity index (χ1) is 13.5. The average molecular weight is 384 g/mol. The standard InChI is InChI=1S/C20H29N7O/c1-13-9-19(22-2)26-20(24-13)25-15-5-6-18(28-4)14(10-15)11-23-17-12-27(3)8-7-16(17)21/h5-6,9-10,23H,7-8,11-12,21H2,1-4H3,(H2,22,24,25,26). The van der Waals surface area contributed by atoms with Crippen LogP contribution in [0.15, 0.2) is 35.7 Å². The number of nitrogens with one attached hydrogen (secondary N) is 3. The van der Waals surface area contributed by atoms with Gasteiger partial charge in [0.25, 0.3) is 0 Å². The molecule has 0 radical (unpaired) electrons. The Balaban J connectivity index is 1.77. The van der Waals surface area contributed by atoms with Crippen LogP contribution in [0.3, 0.4) is 0 Å². The quantitative estimate of drug-likeness (QED) is 0.577. The van der Waals surface area contributed by atoms with E-state index in [1.807, 2.05) is 38.2 Å². The van der Waals surface area contributed by atoms with Crippen molar-refractivity contribution in [2.75, 3.05) is 44.9 Å². The van der Waals surface area contributed by atoms with Crippen molar-refractivity contribution in [3.63, 3.8) is 0 Å². The highest BCUT2D eigenvalue weighted by atomic mass is 16.5. The predicted molar refractivity (Wildman–Crippen MR) is 113 cm³/mol. The third-order valence-electron chi connectivity index (χ3n) is 4.72. The summed E-state index contributed by atoms with van der Waals surface area (Å²) in [6, 6.07) is 7.84. The normalized spacial score (nSPS) is 14.7. The number of hydrogen-bond donors (Lipinski definition) is 4. The number of ether oxygens (including phenoxy) is 1. The maximum atomic E-state index is 6.17. The summed E-state index contributed by atoms with van der Waals surface area (Å²) in [6.45, 7) is 4.39. The van der Waals surface area contributed by atoms with Crippen LogP contribution < -0.4 is 26.4 Å². The van der Waals surface area contributed by atoms with Crippen LogP contribution in [-0.2, 0) is 6.54 Å². The van der Waals surface area contributed by atoms with Crippen molar-refractivity contribution in [2.24, 2.45) is 5.73 Å². The lowest BCUT2D eigenvalue weighted by Crippen LogP contribution is -2.35. The second-order valence-corrected chi connectivity index (χ2v) is 6.96. The SMILES string of the molecule is CNc1cc(C)nc(Nc2ccc(OC)c(CNC3=C(N)CCN(C)C3)c2)n1. The summed E-state index contributed by atoms with van der Waals surface area (Å²) in [7, 11) is 5.61. The first kappa shape index (κ1) is 19.8. The Morgan fingerprint density at radius 3 is 2.82 bits per heavy atom. The van der Waals surface area contributed by atoms with Crippen molar-refractivity contribution in [2.45, 2.75) is 19.9 Å². The molecule has 2 heterocycles. The topological polar surface area (TPSA) is 100 Å². The zero-order valence-electron chi connectivity index (χ0n) is 17.0. The molecule has 0 fully saturated rings.